The summed E-state index contributed by atoms with van der Waals surface area (Å²) in [6, 6.07) is 0.838. The van der Waals surface area contributed by atoms with Gasteiger partial charge in [-0.05, 0) is 53.4 Å². The lowest BCUT2D eigenvalue weighted by Gasteiger charge is -2.32. The van der Waals surface area contributed by atoms with Crippen LogP contribution in [0, 0.1) is 0 Å². The maximum absolute atomic E-state index is 11.9. The highest BCUT2D eigenvalue weighted by Crippen LogP contribution is 2.22. The summed E-state index contributed by atoms with van der Waals surface area (Å²) in [5.74, 6) is 0. The van der Waals surface area contributed by atoms with Gasteiger partial charge in [-0.2, -0.15) is 5.10 Å². The summed E-state index contributed by atoms with van der Waals surface area (Å²) < 4.78 is 7.17. The zero-order chi connectivity index (χ0) is 17.0. The Kier molecular flexibility index (Phi) is 5.68. The first-order valence-electron chi connectivity index (χ1n) is 8.47. The number of hydrogen-bond donors (Lipinski definition) is 2. The number of ether oxygens (including phenoxy) is 1. The Morgan fingerprint density at radius 1 is 1.39 bits per heavy atom. The molecule has 6 nitrogen and oxygen atoms in total. The normalized spacial score (nSPS) is 23.3. The molecule has 0 radical (unpaired) electrons. The van der Waals surface area contributed by atoms with Crippen molar-refractivity contribution in [1.29, 1.82) is 0 Å². The molecule has 1 aromatic heterocycles. The van der Waals surface area contributed by atoms with E-state index < -0.39 is 5.60 Å². The number of hydrogen-bond acceptors (Lipinski definition) is 4. The lowest BCUT2D eigenvalue weighted by atomic mass is 9.90. The predicted molar refractivity (Wildman–Crippen MR) is 90.2 cm³/mol. The van der Waals surface area contributed by atoms with Crippen molar-refractivity contribution in [3.63, 3.8) is 0 Å². The molecule has 23 heavy (non-hydrogen) atoms. The fraction of sp³-hybridized carbons (Fsp3) is 0.765. The molecule has 0 aromatic carbocycles. The Bertz CT molecular complexity index is 521. The molecule has 130 valence electrons. The molecular weight excluding hydrogens is 292 g/mol. The first-order chi connectivity index (χ1) is 10.7. The van der Waals surface area contributed by atoms with Crippen molar-refractivity contribution in [1.82, 2.24) is 20.4 Å². The van der Waals surface area contributed by atoms with Crippen LogP contribution in [-0.2, 0) is 11.8 Å². The standard InChI is InChI=1S/C17H30N4O2/c1-12(13-10-18-21(5)11-13)19-14-7-6-8-15(9-14)20-16(22)23-17(2,3)4/h10-12,14-15,19H,6-9H2,1-5H3,(H,20,22)/t12-,14-,15+/m0/s1. The van der Waals surface area contributed by atoms with Gasteiger partial charge >= 0.3 is 6.09 Å². The number of carbonyl (C=O) groups is 1. The van der Waals surface area contributed by atoms with Gasteiger partial charge in [0.1, 0.15) is 5.60 Å². The fourth-order valence-corrected chi connectivity index (χ4v) is 3.06. The van der Waals surface area contributed by atoms with E-state index in [0.717, 1.165) is 25.7 Å². The second kappa shape index (κ2) is 7.34. The maximum atomic E-state index is 11.9. The molecule has 6 heteroatoms. The van der Waals surface area contributed by atoms with E-state index in [9.17, 15) is 4.79 Å². The lowest BCUT2D eigenvalue weighted by Crippen LogP contribution is -2.46. The average Bonchev–Trinajstić information content (AvgIpc) is 2.83. The molecule has 0 unspecified atom stereocenters. The van der Waals surface area contributed by atoms with Gasteiger partial charge in [-0.25, -0.2) is 4.79 Å². The molecule has 1 fully saturated rings. The zero-order valence-electron chi connectivity index (χ0n) is 14.9. The number of rotatable bonds is 4. The third-order valence-corrected chi connectivity index (χ3v) is 4.11. The Morgan fingerprint density at radius 3 is 2.70 bits per heavy atom. The molecule has 0 spiro atoms. The molecule has 3 atom stereocenters. The minimum Gasteiger partial charge on any atom is -0.444 e. The Hall–Kier alpha value is -1.56. The van der Waals surface area contributed by atoms with Crippen molar-refractivity contribution >= 4 is 6.09 Å². The predicted octanol–water partition coefficient (Wildman–Crippen LogP) is 2.91. The summed E-state index contributed by atoms with van der Waals surface area (Å²) in [5, 5.41) is 10.9. The van der Waals surface area contributed by atoms with Crippen molar-refractivity contribution < 1.29 is 9.53 Å². The van der Waals surface area contributed by atoms with Gasteiger partial charge in [-0.3, -0.25) is 4.68 Å². The van der Waals surface area contributed by atoms with Crippen molar-refractivity contribution in [2.75, 3.05) is 0 Å². The summed E-state index contributed by atoms with van der Waals surface area (Å²) in [5.41, 5.74) is 0.736. The van der Waals surface area contributed by atoms with Crippen LogP contribution >= 0.6 is 0 Å². The molecule has 2 N–H and O–H groups in total. The fourth-order valence-electron chi connectivity index (χ4n) is 3.06. The Labute approximate surface area is 139 Å². The second-order valence-electron chi connectivity index (χ2n) is 7.54. The molecule has 1 aromatic rings. The SMILES string of the molecule is C[C@H](N[C@H]1CCC[C@@H](NC(=O)OC(C)(C)C)C1)c1cnn(C)c1. The van der Waals surface area contributed by atoms with Crippen molar-refractivity contribution in [2.45, 2.75) is 77.1 Å². The molecule has 1 amide bonds. The average molecular weight is 322 g/mol. The van der Waals surface area contributed by atoms with E-state index in [1.165, 1.54) is 5.56 Å². The van der Waals surface area contributed by atoms with Crippen LogP contribution in [-0.4, -0.2) is 33.6 Å². The lowest BCUT2D eigenvalue weighted by molar-refractivity contribution is 0.0488. The number of alkyl carbamates (subject to hydrolysis) is 1. The Morgan fingerprint density at radius 2 is 2.09 bits per heavy atom. The quantitative estimate of drug-likeness (QED) is 0.894. The van der Waals surface area contributed by atoms with Crippen LogP contribution in [0.15, 0.2) is 12.4 Å². The summed E-state index contributed by atoms with van der Waals surface area (Å²) in [6.07, 6.45) is 7.81. The van der Waals surface area contributed by atoms with Crippen molar-refractivity contribution in [3.8, 4) is 0 Å². The van der Waals surface area contributed by atoms with Crippen LogP contribution in [0.1, 0.15) is 65.0 Å². The third-order valence-electron chi connectivity index (χ3n) is 4.11. The summed E-state index contributed by atoms with van der Waals surface area (Å²) in [4.78, 5) is 11.9. The first-order valence-corrected chi connectivity index (χ1v) is 8.47. The number of carbonyl (C=O) groups excluding carboxylic acids is 1. The van der Waals surface area contributed by atoms with Crippen molar-refractivity contribution in [3.05, 3.63) is 18.0 Å². The first kappa shape index (κ1) is 17.8. The van der Waals surface area contributed by atoms with E-state index in [4.69, 9.17) is 4.74 Å². The monoisotopic (exact) mass is 322 g/mol. The van der Waals surface area contributed by atoms with E-state index in [1.807, 2.05) is 44.9 Å². The van der Waals surface area contributed by atoms with E-state index in [-0.39, 0.29) is 18.2 Å². The number of nitrogens with one attached hydrogen (secondary N) is 2. The van der Waals surface area contributed by atoms with Gasteiger partial charge in [0.25, 0.3) is 0 Å². The van der Waals surface area contributed by atoms with Gasteiger partial charge in [0.2, 0.25) is 0 Å². The molecule has 0 aliphatic heterocycles. The summed E-state index contributed by atoms with van der Waals surface area (Å²) in [6.45, 7) is 7.80. The van der Waals surface area contributed by atoms with Crippen LogP contribution in [0.3, 0.4) is 0 Å². The number of amides is 1. The summed E-state index contributed by atoms with van der Waals surface area (Å²) >= 11 is 0. The third kappa shape index (κ3) is 5.86. The van der Waals surface area contributed by atoms with Crippen LogP contribution in [0.2, 0.25) is 0 Å². The second-order valence-corrected chi connectivity index (χ2v) is 7.54. The molecule has 0 bridgehead atoms. The van der Waals surface area contributed by atoms with Gasteiger partial charge in [-0.15, -0.1) is 0 Å². The van der Waals surface area contributed by atoms with Gasteiger partial charge in [-0.1, -0.05) is 0 Å². The topological polar surface area (TPSA) is 68.2 Å². The van der Waals surface area contributed by atoms with Gasteiger partial charge < -0.3 is 15.4 Å². The minimum absolute atomic E-state index is 0.178. The molecule has 1 aliphatic carbocycles. The zero-order valence-corrected chi connectivity index (χ0v) is 14.9. The van der Waals surface area contributed by atoms with Crippen LogP contribution in [0.4, 0.5) is 4.79 Å². The molecule has 2 rings (SSSR count). The molecule has 1 saturated carbocycles. The molecule has 1 aliphatic rings. The molecule has 0 saturated heterocycles. The molecular formula is C17H30N4O2. The largest absolute Gasteiger partial charge is 0.444 e. The van der Waals surface area contributed by atoms with Gasteiger partial charge in [0, 0.05) is 36.9 Å². The highest BCUT2D eigenvalue weighted by Gasteiger charge is 2.26. The van der Waals surface area contributed by atoms with E-state index in [1.54, 1.807) is 0 Å². The Balaban J connectivity index is 1.82. The maximum Gasteiger partial charge on any atom is 0.407 e. The van der Waals surface area contributed by atoms with E-state index >= 15 is 0 Å². The minimum atomic E-state index is -0.453. The van der Waals surface area contributed by atoms with Crippen LogP contribution in [0.5, 0.6) is 0 Å². The highest BCUT2D eigenvalue weighted by molar-refractivity contribution is 5.68. The molecule has 1 heterocycles. The van der Waals surface area contributed by atoms with Crippen LogP contribution in [0.25, 0.3) is 0 Å². The smallest absolute Gasteiger partial charge is 0.407 e. The summed E-state index contributed by atoms with van der Waals surface area (Å²) in [7, 11) is 1.93. The van der Waals surface area contributed by atoms with Crippen molar-refractivity contribution in [2.24, 2.45) is 7.05 Å². The van der Waals surface area contributed by atoms with Gasteiger partial charge in [0.05, 0.1) is 6.20 Å². The number of nitrogens with zero attached hydrogens (tertiary/aromatic N) is 2. The number of aryl methyl sites for hydroxylation is 1. The van der Waals surface area contributed by atoms with Crippen LogP contribution < -0.4 is 10.6 Å². The number of aromatic nitrogens is 2. The van der Waals surface area contributed by atoms with E-state index in [0.29, 0.717) is 6.04 Å². The van der Waals surface area contributed by atoms with Gasteiger partial charge in [0.15, 0.2) is 0 Å². The van der Waals surface area contributed by atoms with E-state index in [2.05, 4.69) is 22.7 Å². The highest BCUT2D eigenvalue weighted by atomic mass is 16.6.